The molecule has 2 aromatic heterocycles. The minimum Gasteiger partial charge on any atom is -0.466 e. The molecule has 0 bridgehead atoms. The Bertz CT molecular complexity index is 1500. The van der Waals surface area contributed by atoms with Gasteiger partial charge in [0.1, 0.15) is 29.6 Å². The topological polar surface area (TPSA) is 138 Å². The zero-order valence-corrected chi connectivity index (χ0v) is 39.3. The van der Waals surface area contributed by atoms with Crippen LogP contribution in [0.4, 0.5) is 0 Å². The van der Waals surface area contributed by atoms with Gasteiger partial charge in [-0.05, 0) is 103 Å². The second-order valence-electron chi connectivity index (χ2n) is 16.7. The summed E-state index contributed by atoms with van der Waals surface area (Å²) in [5.41, 5.74) is 5.23. The first-order valence-electron chi connectivity index (χ1n) is 23.0. The fraction of sp³-hybridized carbons (Fsp3) is 0.787. The number of rotatable bonds is 36. The molecule has 0 radical (unpaired) electrons. The van der Waals surface area contributed by atoms with Crippen molar-refractivity contribution in [3.8, 4) is 0 Å². The summed E-state index contributed by atoms with van der Waals surface area (Å²) in [6.07, 6.45) is 22.5. The fourth-order valence-electron chi connectivity index (χ4n) is 7.21. The second kappa shape index (κ2) is 30.6. The number of likely N-dealkylation sites (N-methyl/N-ethyl adjacent to an activating group) is 1. The maximum Gasteiger partial charge on any atom is 0.472 e. The van der Waals surface area contributed by atoms with Crippen molar-refractivity contribution >= 4 is 19.8 Å². The highest BCUT2D eigenvalue weighted by Crippen LogP contribution is 2.43. The SMILES string of the molecule is CCCCCc1oc(CCCCCCCCC(=O)O[C@H](COC(=O)CCCCCCCCCCc2oc(CCC)c(C)c2C)COP(=O)(O)OCCN(C)C)c(C)c1C. The normalized spacial score (nSPS) is 13.3. The number of hydrogen-bond acceptors (Lipinski definition) is 10. The van der Waals surface area contributed by atoms with Gasteiger partial charge in [0.2, 0.25) is 0 Å². The van der Waals surface area contributed by atoms with Gasteiger partial charge in [-0.3, -0.25) is 18.6 Å². The van der Waals surface area contributed by atoms with Gasteiger partial charge in [-0.15, -0.1) is 0 Å². The predicted molar refractivity (Wildman–Crippen MR) is 236 cm³/mol. The number of ether oxygens (including phenoxy) is 2. The largest absolute Gasteiger partial charge is 0.472 e. The predicted octanol–water partition coefficient (Wildman–Crippen LogP) is 12.0. The van der Waals surface area contributed by atoms with Gasteiger partial charge in [0.05, 0.1) is 13.2 Å². The Morgan fingerprint density at radius 2 is 1.00 bits per heavy atom. The maximum atomic E-state index is 12.8. The first-order valence-corrected chi connectivity index (χ1v) is 24.5. The van der Waals surface area contributed by atoms with E-state index in [-0.39, 0.29) is 26.1 Å². The van der Waals surface area contributed by atoms with Gasteiger partial charge in [-0.25, -0.2) is 4.57 Å². The molecule has 340 valence electrons. The summed E-state index contributed by atoms with van der Waals surface area (Å²) in [7, 11) is -0.750. The molecule has 2 heterocycles. The number of aryl methyl sites for hydroxylation is 4. The molecular weight excluding hydrogens is 769 g/mol. The summed E-state index contributed by atoms with van der Waals surface area (Å²) in [6, 6.07) is 0. The van der Waals surface area contributed by atoms with Crippen LogP contribution in [0.3, 0.4) is 0 Å². The number of phosphoric ester groups is 1. The number of unbranched alkanes of at least 4 members (excludes halogenated alkanes) is 14. The lowest BCUT2D eigenvalue weighted by Crippen LogP contribution is -2.29. The first-order chi connectivity index (χ1) is 28.3. The van der Waals surface area contributed by atoms with Crippen molar-refractivity contribution in [3.63, 3.8) is 0 Å². The minimum absolute atomic E-state index is 0.00638. The van der Waals surface area contributed by atoms with Crippen molar-refractivity contribution in [1.82, 2.24) is 4.90 Å². The van der Waals surface area contributed by atoms with Crippen LogP contribution >= 0.6 is 7.82 Å². The van der Waals surface area contributed by atoms with Gasteiger partial charge in [0.15, 0.2) is 6.10 Å². The van der Waals surface area contributed by atoms with Crippen molar-refractivity contribution < 1.29 is 46.4 Å². The molecule has 0 aliphatic heterocycles. The highest BCUT2D eigenvalue weighted by Gasteiger charge is 2.26. The summed E-state index contributed by atoms with van der Waals surface area (Å²) in [5, 5.41) is 0. The molecule has 12 heteroatoms. The Hall–Kier alpha value is -2.43. The molecule has 0 amide bonds. The number of phosphoric acid groups is 1. The number of carbonyl (C=O) groups is 2. The Morgan fingerprint density at radius 3 is 1.46 bits per heavy atom. The van der Waals surface area contributed by atoms with Crippen molar-refractivity contribution in [1.29, 1.82) is 0 Å². The molecule has 2 rings (SSSR count). The standard InChI is InChI=1S/C47H82NO10P/c1-9-11-22-28-43-39(5)40(6)45(58-43)30-24-19-16-17-21-26-32-47(50)56-41(36-55-59(51,52)54-34-33-48(7)8)35-53-46(49)31-25-20-15-13-12-14-18-23-29-44-38(4)37(3)42(57-44)27-10-2/h41H,9-36H2,1-8H3,(H,51,52)/t41-/m1/s1. The molecule has 0 aromatic carbocycles. The molecule has 0 aliphatic carbocycles. The van der Waals surface area contributed by atoms with Crippen molar-refractivity contribution in [2.24, 2.45) is 0 Å². The highest BCUT2D eigenvalue weighted by molar-refractivity contribution is 7.47. The molecule has 2 aromatic rings. The van der Waals surface area contributed by atoms with Crippen LogP contribution in [-0.4, -0.2) is 68.3 Å². The van der Waals surface area contributed by atoms with E-state index in [1.165, 1.54) is 60.8 Å². The van der Waals surface area contributed by atoms with Crippen LogP contribution in [0.5, 0.6) is 0 Å². The second-order valence-corrected chi connectivity index (χ2v) is 18.2. The molecule has 0 saturated heterocycles. The Kier molecular flexibility index (Phi) is 27.3. The van der Waals surface area contributed by atoms with Gasteiger partial charge in [-0.1, -0.05) is 90.9 Å². The van der Waals surface area contributed by atoms with Gasteiger partial charge in [0.25, 0.3) is 0 Å². The zero-order chi connectivity index (χ0) is 43.5. The third-order valence-corrected chi connectivity index (χ3v) is 12.3. The Balaban J connectivity index is 1.65. The molecular formula is C47H82NO10P. The van der Waals surface area contributed by atoms with Gasteiger partial charge >= 0.3 is 19.8 Å². The first kappa shape index (κ1) is 52.7. The molecule has 0 saturated carbocycles. The van der Waals surface area contributed by atoms with Crippen molar-refractivity contribution in [2.45, 2.75) is 202 Å². The van der Waals surface area contributed by atoms with E-state index in [4.69, 9.17) is 27.4 Å². The molecule has 0 spiro atoms. The number of nitrogens with zero attached hydrogens (tertiary/aromatic N) is 1. The van der Waals surface area contributed by atoms with Crippen LogP contribution in [0.1, 0.15) is 188 Å². The Morgan fingerprint density at radius 1 is 0.576 bits per heavy atom. The van der Waals surface area contributed by atoms with Gasteiger partial charge < -0.3 is 28.1 Å². The lowest BCUT2D eigenvalue weighted by Gasteiger charge is -2.20. The van der Waals surface area contributed by atoms with Crippen LogP contribution < -0.4 is 0 Å². The van der Waals surface area contributed by atoms with Crippen molar-refractivity contribution in [2.75, 3.05) is 40.5 Å². The van der Waals surface area contributed by atoms with Crippen molar-refractivity contribution in [3.05, 3.63) is 45.3 Å². The molecule has 1 unspecified atom stereocenters. The maximum absolute atomic E-state index is 12.8. The van der Waals surface area contributed by atoms with Crippen LogP contribution in [0, 0.1) is 27.7 Å². The molecule has 0 fully saturated rings. The van der Waals surface area contributed by atoms with E-state index in [2.05, 4.69) is 41.5 Å². The van der Waals surface area contributed by atoms with E-state index in [1.807, 2.05) is 19.0 Å². The molecule has 11 nitrogen and oxygen atoms in total. The lowest BCUT2D eigenvalue weighted by atomic mass is 10.0. The molecule has 0 aliphatic rings. The summed E-state index contributed by atoms with van der Waals surface area (Å²) in [4.78, 5) is 37.3. The molecule has 59 heavy (non-hydrogen) atoms. The van der Waals surface area contributed by atoms with Crippen LogP contribution in [-0.2, 0) is 58.4 Å². The quantitative estimate of drug-likeness (QED) is 0.0398. The molecule has 1 N–H and O–H groups in total. The monoisotopic (exact) mass is 852 g/mol. The van der Waals surface area contributed by atoms with Gasteiger partial charge in [-0.2, -0.15) is 0 Å². The summed E-state index contributed by atoms with van der Waals surface area (Å²) in [6.45, 7) is 12.8. The zero-order valence-electron chi connectivity index (χ0n) is 38.4. The van der Waals surface area contributed by atoms with E-state index in [0.717, 1.165) is 113 Å². The average Bonchev–Trinajstić information content (AvgIpc) is 3.62. The van der Waals surface area contributed by atoms with E-state index in [9.17, 15) is 19.0 Å². The van der Waals surface area contributed by atoms with Crippen LogP contribution in [0.15, 0.2) is 8.83 Å². The third kappa shape index (κ3) is 22.8. The van der Waals surface area contributed by atoms with E-state index < -0.39 is 32.5 Å². The van der Waals surface area contributed by atoms with Crippen LogP contribution in [0.2, 0.25) is 0 Å². The third-order valence-electron chi connectivity index (χ3n) is 11.3. The number of carbonyl (C=O) groups excluding carboxylic acids is 2. The average molecular weight is 852 g/mol. The summed E-state index contributed by atoms with van der Waals surface area (Å²) in [5.74, 6) is 3.72. The molecule has 2 atom stereocenters. The lowest BCUT2D eigenvalue weighted by molar-refractivity contribution is -0.161. The number of esters is 2. The van der Waals surface area contributed by atoms with Gasteiger partial charge in [0, 0.05) is 45.1 Å². The number of hydrogen-bond donors (Lipinski definition) is 1. The van der Waals surface area contributed by atoms with E-state index in [0.29, 0.717) is 19.4 Å². The van der Waals surface area contributed by atoms with E-state index >= 15 is 0 Å². The van der Waals surface area contributed by atoms with E-state index in [1.54, 1.807) is 0 Å². The minimum atomic E-state index is -4.39. The fourth-order valence-corrected chi connectivity index (χ4v) is 7.95. The Labute approximate surface area is 357 Å². The highest BCUT2D eigenvalue weighted by atomic mass is 31.2. The summed E-state index contributed by atoms with van der Waals surface area (Å²) < 4.78 is 46.0. The summed E-state index contributed by atoms with van der Waals surface area (Å²) >= 11 is 0. The van der Waals surface area contributed by atoms with Crippen LogP contribution in [0.25, 0.3) is 0 Å². The smallest absolute Gasteiger partial charge is 0.466 e. The number of furan rings is 2.